The summed E-state index contributed by atoms with van der Waals surface area (Å²) >= 11 is 0. The molecule has 2 rings (SSSR count). The second-order valence-electron chi connectivity index (χ2n) is 6.18. The summed E-state index contributed by atoms with van der Waals surface area (Å²) in [5.41, 5.74) is 1.03. The van der Waals surface area contributed by atoms with Crippen LogP contribution in [0, 0.1) is 0 Å². The van der Waals surface area contributed by atoms with Gasteiger partial charge in [0.1, 0.15) is 0 Å². The molecule has 7 nitrogen and oxygen atoms in total. The molecule has 1 fully saturated rings. The summed E-state index contributed by atoms with van der Waals surface area (Å²) in [5.74, 6) is 1.55. The van der Waals surface area contributed by atoms with Crippen molar-refractivity contribution in [1.29, 1.82) is 0 Å². The van der Waals surface area contributed by atoms with Crippen LogP contribution in [0.3, 0.4) is 0 Å². The number of hydrogen-bond donors (Lipinski definition) is 1. The first kappa shape index (κ1) is 19.5. The first-order chi connectivity index (χ1) is 11.9. The predicted molar refractivity (Wildman–Crippen MR) is 95.7 cm³/mol. The Hall–Kier alpha value is -1.80. The van der Waals surface area contributed by atoms with Crippen molar-refractivity contribution in [2.75, 3.05) is 39.3 Å². The summed E-state index contributed by atoms with van der Waals surface area (Å²) in [6.45, 7) is 1.13. The van der Waals surface area contributed by atoms with Crippen molar-refractivity contribution in [3.63, 3.8) is 0 Å². The molecule has 140 valence electrons. The van der Waals surface area contributed by atoms with Crippen LogP contribution in [0.1, 0.15) is 18.4 Å². The summed E-state index contributed by atoms with van der Waals surface area (Å²) in [6, 6.07) is 5.48. The number of rotatable bonds is 8. The van der Waals surface area contributed by atoms with Gasteiger partial charge in [-0.1, -0.05) is 6.07 Å². The molecule has 25 heavy (non-hydrogen) atoms. The van der Waals surface area contributed by atoms with E-state index in [0.717, 1.165) is 5.56 Å². The minimum Gasteiger partial charge on any atom is -0.493 e. The molecule has 8 heteroatoms. The number of ether oxygens (including phenoxy) is 2. The standard InChI is InChI=1S/C17H26N2O5S/c1-19(14-7-9-25(21,22)12-14)17(20)6-8-18-11-13-4-5-15(23-2)16(10-13)24-3/h4-5,10,14,18H,6-9,11-12H2,1-3H3. The van der Waals surface area contributed by atoms with Gasteiger partial charge in [-0.05, 0) is 24.1 Å². The topological polar surface area (TPSA) is 84.9 Å². The molecule has 0 aliphatic carbocycles. The molecule has 0 bridgehead atoms. The molecule has 0 saturated carbocycles. The Morgan fingerprint density at radius 2 is 2.00 bits per heavy atom. The fourth-order valence-corrected chi connectivity index (χ4v) is 4.65. The highest BCUT2D eigenvalue weighted by Gasteiger charge is 2.32. The Bertz CT molecular complexity index is 705. The number of carbonyl (C=O) groups excluding carboxylic acids is 1. The van der Waals surface area contributed by atoms with Crippen molar-refractivity contribution in [3.05, 3.63) is 23.8 Å². The molecule has 1 aromatic rings. The number of amides is 1. The van der Waals surface area contributed by atoms with E-state index in [4.69, 9.17) is 9.47 Å². The molecule has 0 spiro atoms. The van der Waals surface area contributed by atoms with E-state index in [0.29, 0.717) is 37.4 Å². The number of hydrogen-bond acceptors (Lipinski definition) is 6. The zero-order valence-electron chi connectivity index (χ0n) is 14.9. The van der Waals surface area contributed by atoms with E-state index in [1.807, 2.05) is 18.2 Å². The van der Waals surface area contributed by atoms with Crippen LogP contribution in [0.15, 0.2) is 18.2 Å². The van der Waals surface area contributed by atoms with E-state index < -0.39 is 9.84 Å². The minimum atomic E-state index is -2.98. The molecule has 0 radical (unpaired) electrons. The lowest BCUT2D eigenvalue weighted by atomic mass is 10.2. The molecule has 1 saturated heterocycles. The second kappa shape index (κ2) is 8.53. The Morgan fingerprint density at radius 1 is 1.28 bits per heavy atom. The average Bonchev–Trinajstić information content (AvgIpc) is 2.97. The molecular weight excluding hydrogens is 344 g/mol. The zero-order chi connectivity index (χ0) is 18.4. The fourth-order valence-electron chi connectivity index (χ4n) is 2.88. The lowest BCUT2D eigenvalue weighted by Crippen LogP contribution is -2.39. The number of carbonyl (C=O) groups is 1. The van der Waals surface area contributed by atoms with Crippen LogP contribution in [0.25, 0.3) is 0 Å². The van der Waals surface area contributed by atoms with Crippen molar-refractivity contribution >= 4 is 15.7 Å². The van der Waals surface area contributed by atoms with Crippen LogP contribution in [0.2, 0.25) is 0 Å². The molecule has 1 aromatic carbocycles. The lowest BCUT2D eigenvalue weighted by molar-refractivity contribution is -0.131. The maximum atomic E-state index is 12.2. The quantitative estimate of drug-likeness (QED) is 0.682. The van der Waals surface area contributed by atoms with Gasteiger partial charge in [0, 0.05) is 32.6 Å². The summed E-state index contributed by atoms with van der Waals surface area (Å²) in [6.07, 6.45) is 0.865. The fraction of sp³-hybridized carbons (Fsp3) is 0.588. The Labute approximate surface area is 149 Å². The maximum absolute atomic E-state index is 12.2. The van der Waals surface area contributed by atoms with Crippen molar-refractivity contribution in [2.45, 2.75) is 25.4 Å². The molecule has 0 aromatic heterocycles. The molecule has 1 heterocycles. The molecule has 1 atom stereocenters. The van der Waals surface area contributed by atoms with Crippen LogP contribution in [0.5, 0.6) is 11.5 Å². The van der Waals surface area contributed by atoms with Gasteiger partial charge >= 0.3 is 0 Å². The first-order valence-corrected chi connectivity index (χ1v) is 10.1. The zero-order valence-corrected chi connectivity index (χ0v) is 15.8. The third-order valence-corrected chi connectivity index (χ3v) is 6.19. The van der Waals surface area contributed by atoms with Gasteiger partial charge in [0.25, 0.3) is 0 Å². The van der Waals surface area contributed by atoms with E-state index in [1.54, 1.807) is 26.2 Å². The van der Waals surface area contributed by atoms with Crippen LogP contribution < -0.4 is 14.8 Å². The smallest absolute Gasteiger partial charge is 0.223 e. The van der Waals surface area contributed by atoms with Crippen molar-refractivity contribution < 1.29 is 22.7 Å². The van der Waals surface area contributed by atoms with Crippen LogP contribution >= 0.6 is 0 Å². The van der Waals surface area contributed by atoms with Gasteiger partial charge < -0.3 is 19.7 Å². The molecule has 1 unspecified atom stereocenters. The molecule has 1 aliphatic rings. The third kappa shape index (κ3) is 5.34. The minimum absolute atomic E-state index is 0.0399. The summed E-state index contributed by atoms with van der Waals surface area (Å²) in [5, 5.41) is 3.22. The van der Waals surface area contributed by atoms with Crippen LogP contribution in [-0.2, 0) is 21.2 Å². The van der Waals surface area contributed by atoms with Gasteiger partial charge in [-0.2, -0.15) is 0 Å². The molecule has 1 N–H and O–H groups in total. The first-order valence-electron chi connectivity index (χ1n) is 8.24. The summed E-state index contributed by atoms with van der Waals surface area (Å²) in [4.78, 5) is 13.8. The van der Waals surface area contributed by atoms with Crippen LogP contribution in [-0.4, -0.2) is 64.6 Å². The van der Waals surface area contributed by atoms with Gasteiger partial charge in [-0.15, -0.1) is 0 Å². The SMILES string of the molecule is COc1ccc(CNCCC(=O)N(C)C2CCS(=O)(=O)C2)cc1OC. The second-order valence-corrected chi connectivity index (χ2v) is 8.41. The van der Waals surface area contributed by atoms with Crippen LogP contribution in [0.4, 0.5) is 0 Å². The van der Waals surface area contributed by atoms with E-state index in [-0.39, 0.29) is 23.5 Å². The van der Waals surface area contributed by atoms with Gasteiger partial charge in [0.05, 0.1) is 25.7 Å². The van der Waals surface area contributed by atoms with Gasteiger partial charge in [0.15, 0.2) is 21.3 Å². The number of methoxy groups -OCH3 is 2. The number of nitrogens with zero attached hydrogens (tertiary/aromatic N) is 1. The number of nitrogens with one attached hydrogen (secondary N) is 1. The average molecular weight is 370 g/mol. The Morgan fingerprint density at radius 3 is 2.60 bits per heavy atom. The van der Waals surface area contributed by atoms with Crippen molar-refractivity contribution in [2.24, 2.45) is 0 Å². The lowest BCUT2D eigenvalue weighted by Gasteiger charge is -2.23. The van der Waals surface area contributed by atoms with Crippen molar-refractivity contribution in [3.8, 4) is 11.5 Å². The van der Waals surface area contributed by atoms with E-state index in [9.17, 15) is 13.2 Å². The molecular formula is C17H26N2O5S. The Balaban J connectivity index is 1.76. The monoisotopic (exact) mass is 370 g/mol. The Kier molecular flexibility index (Phi) is 6.66. The number of sulfone groups is 1. The van der Waals surface area contributed by atoms with E-state index in [1.165, 1.54) is 0 Å². The highest BCUT2D eigenvalue weighted by Crippen LogP contribution is 2.27. The molecule has 1 amide bonds. The highest BCUT2D eigenvalue weighted by atomic mass is 32.2. The molecule has 1 aliphatic heterocycles. The van der Waals surface area contributed by atoms with Gasteiger partial charge in [-0.25, -0.2) is 8.42 Å². The largest absolute Gasteiger partial charge is 0.493 e. The van der Waals surface area contributed by atoms with Gasteiger partial charge in [-0.3, -0.25) is 4.79 Å². The maximum Gasteiger partial charge on any atom is 0.223 e. The summed E-state index contributed by atoms with van der Waals surface area (Å²) < 4.78 is 33.5. The van der Waals surface area contributed by atoms with E-state index >= 15 is 0 Å². The van der Waals surface area contributed by atoms with Gasteiger partial charge in [0.2, 0.25) is 5.91 Å². The normalized spacial score (nSPS) is 18.8. The summed E-state index contributed by atoms with van der Waals surface area (Å²) in [7, 11) is 1.88. The third-order valence-electron chi connectivity index (χ3n) is 4.44. The predicted octanol–water partition coefficient (Wildman–Crippen LogP) is 0.829. The number of benzene rings is 1. The highest BCUT2D eigenvalue weighted by molar-refractivity contribution is 7.91. The van der Waals surface area contributed by atoms with Crippen molar-refractivity contribution in [1.82, 2.24) is 10.2 Å². The van der Waals surface area contributed by atoms with E-state index in [2.05, 4.69) is 5.32 Å².